The fourth-order valence-electron chi connectivity index (χ4n) is 3.49. The summed E-state index contributed by atoms with van der Waals surface area (Å²) in [6.45, 7) is 9.98. The second kappa shape index (κ2) is 8.08. The molecular weight excluding hydrogens is 330 g/mol. The van der Waals surface area contributed by atoms with E-state index in [-0.39, 0.29) is 17.7 Å². The highest BCUT2D eigenvalue weighted by Crippen LogP contribution is 2.21. The number of ether oxygens (including phenoxy) is 1. The highest BCUT2D eigenvalue weighted by atomic mass is 16.5. The number of rotatable bonds is 5. The van der Waals surface area contributed by atoms with Crippen molar-refractivity contribution in [2.75, 3.05) is 39.3 Å². The van der Waals surface area contributed by atoms with Gasteiger partial charge in [0.2, 0.25) is 5.91 Å². The highest BCUT2D eigenvalue weighted by Gasteiger charge is 2.34. The zero-order chi connectivity index (χ0) is 18.7. The monoisotopic (exact) mass is 359 g/mol. The van der Waals surface area contributed by atoms with Crippen molar-refractivity contribution in [1.29, 1.82) is 0 Å². The van der Waals surface area contributed by atoms with E-state index in [1.807, 2.05) is 47.9 Å². The molecule has 0 saturated carbocycles. The number of carbonyl (C=O) groups is 2. The molecule has 0 spiro atoms. The summed E-state index contributed by atoms with van der Waals surface area (Å²) in [5.41, 5.74) is 1.02. The van der Waals surface area contributed by atoms with Gasteiger partial charge in [-0.25, -0.2) is 0 Å². The summed E-state index contributed by atoms with van der Waals surface area (Å²) in [6.07, 6.45) is -0.529. The lowest BCUT2D eigenvalue weighted by Gasteiger charge is -2.39. The third-order valence-corrected chi connectivity index (χ3v) is 5.56. The number of hydrogen-bond donors (Lipinski definition) is 1. The molecule has 142 valence electrons. The second-order valence-electron chi connectivity index (χ2n) is 7.38. The smallest absolute Gasteiger partial charge is 0.263 e. The maximum absolute atomic E-state index is 12.7. The first-order valence-electron chi connectivity index (χ1n) is 9.48. The van der Waals surface area contributed by atoms with Crippen molar-refractivity contribution in [3.63, 3.8) is 0 Å². The Bertz CT molecular complexity index is 651. The van der Waals surface area contributed by atoms with E-state index >= 15 is 0 Å². The molecule has 2 heterocycles. The summed E-state index contributed by atoms with van der Waals surface area (Å²) in [7, 11) is 0. The van der Waals surface area contributed by atoms with Crippen LogP contribution in [-0.4, -0.2) is 67.0 Å². The van der Waals surface area contributed by atoms with Gasteiger partial charge in [0.05, 0.1) is 0 Å². The fraction of sp³-hybridized carbons (Fsp3) is 0.600. The molecule has 0 radical (unpaired) electrons. The molecule has 2 aliphatic rings. The van der Waals surface area contributed by atoms with E-state index in [0.29, 0.717) is 32.1 Å². The molecule has 6 nitrogen and oxygen atoms in total. The largest absolute Gasteiger partial charge is 0.481 e. The maximum Gasteiger partial charge on any atom is 0.263 e. The van der Waals surface area contributed by atoms with E-state index in [9.17, 15) is 9.59 Å². The number of aryl methyl sites for hydroxylation is 1. The van der Waals surface area contributed by atoms with Gasteiger partial charge in [0.25, 0.3) is 5.91 Å². The molecule has 1 N–H and O–H groups in total. The average molecular weight is 359 g/mol. The Labute approximate surface area is 155 Å². The Balaban J connectivity index is 1.50. The Morgan fingerprint density at radius 2 is 1.62 bits per heavy atom. The van der Waals surface area contributed by atoms with Gasteiger partial charge >= 0.3 is 0 Å². The quantitative estimate of drug-likeness (QED) is 0.861. The third-order valence-electron chi connectivity index (χ3n) is 5.56. The first kappa shape index (κ1) is 18.7. The lowest BCUT2D eigenvalue weighted by molar-refractivity contribution is -0.146. The second-order valence-corrected chi connectivity index (χ2v) is 7.38. The number of amides is 2. The summed E-state index contributed by atoms with van der Waals surface area (Å²) in [5, 5.41) is 3.22. The third kappa shape index (κ3) is 4.01. The van der Waals surface area contributed by atoms with E-state index in [1.165, 1.54) is 0 Å². The SMILES string of the molecule is Cc1ccccc1OC(C)C(=O)N1CCN(C(=O)C(C)C2CNC2)CC1. The van der Waals surface area contributed by atoms with Crippen LogP contribution < -0.4 is 10.1 Å². The molecule has 2 unspecified atom stereocenters. The molecule has 1 aromatic rings. The van der Waals surface area contributed by atoms with E-state index in [1.54, 1.807) is 6.92 Å². The first-order chi connectivity index (χ1) is 12.5. The number of nitrogens with one attached hydrogen (secondary N) is 1. The average Bonchev–Trinajstić information content (AvgIpc) is 2.61. The van der Waals surface area contributed by atoms with Gasteiger partial charge in [-0.2, -0.15) is 0 Å². The summed E-state index contributed by atoms with van der Waals surface area (Å²) >= 11 is 0. The summed E-state index contributed by atoms with van der Waals surface area (Å²) < 4.78 is 5.85. The number of benzene rings is 1. The number of piperazine rings is 1. The first-order valence-corrected chi connectivity index (χ1v) is 9.48. The predicted octanol–water partition coefficient (Wildman–Crippen LogP) is 1.29. The van der Waals surface area contributed by atoms with Crippen molar-refractivity contribution in [3.8, 4) is 5.75 Å². The van der Waals surface area contributed by atoms with Crippen molar-refractivity contribution in [3.05, 3.63) is 29.8 Å². The van der Waals surface area contributed by atoms with Gasteiger partial charge in [-0.15, -0.1) is 0 Å². The van der Waals surface area contributed by atoms with Gasteiger partial charge in [-0.3, -0.25) is 9.59 Å². The summed E-state index contributed by atoms with van der Waals surface area (Å²) in [5.74, 6) is 1.45. The van der Waals surface area contributed by atoms with Gasteiger partial charge in [0.1, 0.15) is 5.75 Å². The van der Waals surface area contributed by atoms with Crippen LogP contribution >= 0.6 is 0 Å². The van der Waals surface area contributed by atoms with Crippen LogP contribution in [0.25, 0.3) is 0 Å². The number of nitrogens with zero attached hydrogens (tertiary/aromatic N) is 2. The number of carbonyl (C=O) groups excluding carboxylic acids is 2. The molecule has 2 aliphatic heterocycles. The normalized spacial score (nSPS) is 20.3. The molecule has 2 saturated heterocycles. The maximum atomic E-state index is 12.7. The van der Waals surface area contributed by atoms with Gasteiger partial charge < -0.3 is 19.9 Å². The van der Waals surface area contributed by atoms with E-state index in [0.717, 1.165) is 24.4 Å². The Morgan fingerprint density at radius 1 is 1.04 bits per heavy atom. The van der Waals surface area contributed by atoms with Crippen LogP contribution in [-0.2, 0) is 9.59 Å². The van der Waals surface area contributed by atoms with Crippen LogP contribution in [0.2, 0.25) is 0 Å². The molecular formula is C20H29N3O3. The highest BCUT2D eigenvalue weighted by molar-refractivity contribution is 5.82. The van der Waals surface area contributed by atoms with Gasteiger partial charge in [0.15, 0.2) is 6.10 Å². The number of para-hydroxylation sites is 1. The summed E-state index contributed by atoms with van der Waals surface area (Å²) in [4.78, 5) is 29.0. The molecule has 6 heteroatoms. The van der Waals surface area contributed by atoms with Crippen LogP contribution in [0.15, 0.2) is 24.3 Å². The van der Waals surface area contributed by atoms with Gasteiger partial charge in [0, 0.05) is 32.1 Å². The molecule has 0 aromatic heterocycles. The summed E-state index contributed by atoms with van der Waals surface area (Å²) in [6, 6.07) is 7.70. The zero-order valence-corrected chi connectivity index (χ0v) is 15.9. The van der Waals surface area contributed by atoms with Crippen molar-refractivity contribution < 1.29 is 14.3 Å². The van der Waals surface area contributed by atoms with E-state index in [2.05, 4.69) is 5.32 Å². The number of hydrogen-bond acceptors (Lipinski definition) is 4. The molecule has 2 atom stereocenters. The van der Waals surface area contributed by atoms with Gasteiger partial charge in [-0.05, 0) is 44.5 Å². The van der Waals surface area contributed by atoms with Crippen LogP contribution in [0.1, 0.15) is 19.4 Å². The van der Waals surface area contributed by atoms with Crippen molar-refractivity contribution in [2.45, 2.75) is 26.9 Å². The Morgan fingerprint density at radius 3 is 2.15 bits per heavy atom. The van der Waals surface area contributed by atoms with Crippen LogP contribution in [0, 0.1) is 18.8 Å². The van der Waals surface area contributed by atoms with Crippen molar-refractivity contribution in [1.82, 2.24) is 15.1 Å². The minimum atomic E-state index is -0.529. The predicted molar refractivity (Wildman–Crippen MR) is 100.0 cm³/mol. The lowest BCUT2D eigenvalue weighted by atomic mass is 9.88. The lowest BCUT2D eigenvalue weighted by Crippen LogP contribution is -2.56. The standard InChI is InChI=1S/C20H29N3O3/c1-14-6-4-5-7-18(14)26-16(3)20(25)23-10-8-22(9-11-23)19(24)15(2)17-12-21-13-17/h4-7,15-17,21H,8-13H2,1-3H3. The Hall–Kier alpha value is -2.08. The van der Waals surface area contributed by atoms with Crippen LogP contribution in [0.4, 0.5) is 0 Å². The Kier molecular flexibility index (Phi) is 5.81. The molecule has 0 aliphatic carbocycles. The molecule has 2 amide bonds. The zero-order valence-electron chi connectivity index (χ0n) is 15.9. The molecule has 0 bridgehead atoms. The topological polar surface area (TPSA) is 61.9 Å². The van der Waals surface area contributed by atoms with Gasteiger partial charge in [-0.1, -0.05) is 25.1 Å². The molecule has 2 fully saturated rings. The van der Waals surface area contributed by atoms with E-state index in [4.69, 9.17) is 4.74 Å². The van der Waals surface area contributed by atoms with Crippen LogP contribution in [0.5, 0.6) is 5.75 Å². The molecule has 3 rings (SSSR count). The molecule has 1 aromatic carbocycles. The minimum Gasteiger partial charge on any atom is -0.481 e. The van der Waals surface area contributed by atoms with Crippen molar-refractivity contribution in [2.24, 2.45) is 11.8 Å². The fourth-order valence-corrected chi connectivity index (χ4v) is 3.49. The van der Waals surface area contributed by atoms with Crippen LogP contribution in [0.3, 0.4) is 0 Å². The minimum absolute atomic E-state index is 0.0170. The van der Waals surface area contributed by atoms with Crippen molar-refractivity contribution >= 4 is 11.8 Å². The molecule has 26 heavy (non-hydrogen) atoms. The van der Waals surface area contributed by atoms with E-state index < -0.39 is 6.10 Å².